The second-order valence-corrected chi connectivity index (χ2v) is 7.21. The normalized spacial score (nSPS) is 15.1. The van der Waals surface area contributed by atoms with Gasteiger partial charge in [-0.1, -0.05) is 48.0 Å². The predicted octanol–water partition coefficient (Wildman–Crippen LogP) is 4.14. The molecule has 0 atom stereocenters. The monoisotopic (exact) mass is 361 g/mol. The van der Waals surface area contributed by atoms with Crippen molar-refractivity contribution < 1.29 is 9.21 Å². The van der Waals surface area contributed by atoms with Gasteiger partial charge in [-0.15, -0.1) is 10.2 Å². The predicted molar refractivity (Wildman–Crippen MR) is 103 cm³/mol. The lowest BCUT2D eigenvalue weighted by molar-refractivity contribution is 0.0651. The Balaban J connectivity index is 1.37. The lowest BCUT2D eigenvalue weighted by atomic mass is 9.90. The molecule has 138 valence electrons. The highest BCUT2D eigenvalue weighted by molar-refractivity contribution is 5.89. The maximum atomic E-state index is 12.7. The zero-order valence-electron chi connectivity index (χ0n) is 15.5. The third-order valence-electron chi connectivity index (χ3n) is 5.14. The summed E-state index contributed by atoms with van der Waals surface area (Å²) < 4.78 is 5.65. The Labute approximate surface area is 159 Å². The molecule has 1 amide bonds. The Hall–Kier alpha value is -2.95. The standard InChI is InChI=1S/C22H23N3O2/c1-16-6-5-9-19(14-16)20-23-24-21(27-20)22(26)25-12-10-18(11-13-25)15-17-7-3-2-4-8-17/h2-9,14,18H,10-13,15H2,1H3. The molecule has 1 saturated heterocycles. The van der Waals surface area contributed by atoms with Crippen molar-refractivity contribution in [3.63, 3.8) is 0 Å². The average molecular weight is 361 g/mol. The molecule has 5 heteroatoms. The largest absolute Gasteiger partial charge is 0.412 e. The summed E-state index contributed by atoms with van der Waals surface area (Å²) in [6.07, 6.45) is 3.07. The molecule has 0 aliphatic carbocycles. The molecule has 1 fully saturated rings. The lowest BCUT2D eigenvalue weighted by Gasteiger charge is -2.31. The average Bonchev–Trinajstić information content (AvgIpc) is 3.19. The number of hydrogen-bond donors (Lipinski definition) is 0. The van der Waals surface area contributed by atoms with Crippen molar-refractivity contribution in [3.05, 3.63) is 71.6 Å². The fourth-order valence-electron chi connectivity index (χ4n) is 3.63. The summed E-state index contributed by atoms with van der Waals surface area (Å²) in [6, 6.07) is 18.4. The van der Waals surface area contributed by atoms with E-state index in [1.165, 1.54) is 5.56 Å². The molecule has 1 aliphatic heterocycles. The first-order chi connectivity index (χ1) is 13.2. The van der Waals surface area contributed by atoms with Crippen LogP contribution in [-0.4, -0.2) is 34.1 Å². The topological polar surface area (TPSA) is 59.2 Å². The molecule has 2 heterocycles. The lowest BCUT2D eigenvalue weighted by Crippen LogP contribution is -2.39. The smallest absolute Gasteiger partial charge is 0.311 e. The van der Waals surface area contributed by atoms with E-state index in [9.17, 15) is 4.79 Å². The van der Waals surface area contributed by atoms with Crippen molar-refractivity contribution in [1.82, 2.24) is 15.1 Å². The quantitative estimate of drug-likeness (QED) is 0.701. The molecule has 3 aromatic rings. The summed E-state index contributed by atoms with van der Waals surface area (Å²) in [5, 5.41) is 8.03. The highest BCUT2D eigenvalue weighted by atomic mass is 16.4. The highest BCUT2D eigenvalue weighted by Crippen LogP contribution is 2.24. The molecular weight excluding hydrogens is 338 g/mol. The Morgan fingerprint density at radius 1 is 1.07 bits per heavy atom. The fourth-order valence-corrected chi connectivity index (χ4v) is 3.63. The molecule has 1 aliphatic rings. The van der Waals surface area contributed by atoms with Gasteiger partial charge in [-0.25, -0.2) is 0 Å². The maximum absolute atomic E-state index is 12.7. The number of likely N-dealkylation sites (tertiary alicyclic amines) is 1. The van der Waals surface area contributed by atoms with Crippen molar-refractivity contribution >= 4 is 5.91 Å². The zero-order valence-corrected chi connectivity index (χ0v) is 15.5. The van der Waals surface area contributed by atoms with Crippen LogP contribution in [0.25, 0.3) is 11.5 Å². The third-order valence-corrected chi connectivity index (χ3v) is 5.14. The number of carbonyl (C=O) groups is 1. The highest BCUT2D eigenvalue weighted by Gasteiger charge is 2.27. The number of benzene rings is 2. The van der Waals surface area contributed by atoms with Gasteiger partial charge in [-0.3, -0.25) is 4.79 Å². The van der Waals surface area contributed by atoms with E-state index in [0.717, 1.165) is 43.5 Å². The number of piperidine rings is 1. The van der Waals surface area contributed by atoms with E-state index >= 15 is 0 Å². The fraction of sp³-hybridized carbons (Fsp3) is 0.318. The van der Waals surface area contributed by atoms with Gasteiger partial charge in [0.2, 0.25) is 5.89 Å². The van der Waals surface area contributed by atoms with Gasteiger partial charge < -0.3 is 9.32 Å². The van der Waals surface area contributed by atoms with Crippen molar-refractivity contribution in [2.75, 3.05) is 13.1 Å². The minimum atomic E-state index is -0.167. The molecule has 0 saturated carbocycles. The van der Waals surface area contributed by atoms with E-state index in [4.69, 9.17) is 4.42 Å². The van der Waals surface area contributed by atoms with Gasteiger partial charge in [0.15, 0.2) is 0 Å². The molecule has 5 nitrogen and oxygen atoms in total. The van der Waals surface area contributed by atoms with Crippen LogP contribution in [-0.2, 0) is 6.42 Å². The molecule has 0 N–H and O–H groups in total. The van der Waals surface area contributed by atoms with Gasteiger partial charge in [-0.2, -0.15) is 0 Å². The number of carbonyl (C=O) groups excluding carboxylic acids is 1. The Morgan fingerprint density at radius 3 is 2.59 bits per heavy atom. The number of aromatic nitrogens is 2. The summed E-state index contributed by atoms with van der Waals surface area (Å²) in [4.78, 5) is 14.5. The molecule has 2 aromatic carbocycles. The molecule has 27 heavy (non-hydrogen) atoms. The van der Waals surface area contributed by atoms with Crippen molar-refractivity contribution in [2.24, 2.45) is 5.92 Å². The summed E-state index contributed by atoms with van der Waals surface area (Å²) >= 11 is 0. The van der Waals surface area contributed by atoms with Crippen LogP contribution in [0, 0.1) is 12.8 Å². The van der Waals surface area contributed by atoms with Crippen LogP contribution < -0.4 is 0 Å². The van der Waals surface area contributed by atoms with Gasteiger partial charge in [0.1, 0.15) is 0 Å². The molecular formula is C22H23N3O2. The van der Waals surface area contributed by atoms with Crippen molar-refractivity contribution in [3.8, 4) is 11.5 Å². The van der Waals surface area contributed by atoms with Gasteiger partial charge in [0.25, 0.3) is 0 Å². The Morgan fingerprint density at radius 2 is 1.85 bits per heavy atom. The van der Waals surface area contributed by atoms with Gasteiger partial charge in [-0.05, 0) is 49.8 Å². The Bertz CT molecular complexity index is 912. The molecule has 0 unspecified atom stereocenters. The number of nitrogens with zero attached hydrogens (tertiary/aromatic N) is 3. The Kier molecular flexibility index (Phi) is 5.01. The van der Waals surface area contributed by atoms with E-state index in [1.807, 2.05) is 42.2 Å². The first-order valence-corrected chi connectivity index (χ1v) is 9.43. The van der Waals surface area contributed by atoms with Crippen LogP contribution in [0.5, 0.6) is 0 Å². The minimum Gasteiger partial charge on any atom is -0.412 e. The summed E-state index contributed by atoms with van der Waals surface area (Å²) in [5.41, 5.74) is 3.31. The molecule has 0 bridgehead atoms. The minimum absolute atomic E-state index is 0.0769. The van der Waals surface area contributed by atoms with Crippen LogP contribution >= 0.6 is 0 Å². The maximum Gasteiger partial charge on any atom is 0.311 e. The van der Waals surface area contributed by atoms with E-state index in [2.05, 4.69) is 34.5 Å². The number of aryl methyl sites for hydroxylation is 1. The summed E-state index contributed by atoms with van der Waals surface area (Å²) in [6.45, 7) is 3.47. The SMILES string of the molecule is Cc1cccc(-c2nnc(C(=O)N3CCC(Cc4ccccc4)CC3)o2)c1. The van der Waals surface area contributed by atoms with Gasteiger partial charge in [0, 0.05) is 18.7 Å². The van der Waals surface area contributed by atoms with Crippen LogP contribution in [0.3, 0.4) is 0 Å². The third kappa shape index (κ3) is 4.08. The van der Waals surface area contributed by atoms with Gasteiger partial charge >= 0.3 is 11.8 Å². The number of amides is 1. The van der Waals surface area contributed by atoms with Gasteiger partial charge in [0.05, 0.1) is 0 Å². The van der Waals surface area contributed by atoms with Crippen LogP contribution in [0.4, 0.5) is 0 Å². The number of rotatable bonds is 4. The zero-order chi connectivity index (χ0) is 18.6. The summed E-state index contributed by atoms with van der Waals surface area (Å²) in [7, 11) is 0. The molecule has 4 rings (SSSR count). The van der Waals surface area contributed by atoms with Crippen LogP contribution in [0.1, 0.15) is 34.7 Å². The number of hydrogen-bond acceptors (Lipinski definition) is 4. The molecule has 1 aromatic heterocycles. The first-order valence-electron chi connectivity index (χ1n) is 9.43. The van der Waals surface area contributed by atoms with Crippen LogP contribution in [0.15, 0.2) is 59.0 Å². The van der Waals surface area contributed by atoms with E-state index in [1.54, 1.807) is 0 Å². The second kappa shape index (κ2) is 7.74. The van der Waals surface area contributed by atoms with E-state index in [-0.39, 0.29) is 11.8 Å². The van der Waals surface area contributed by atoms with Crippen molar-refractivity contribution in [1.29, 1.82) is 0 Å². The molecule has 0 radical (unpaired) electrons. The molecule has 0 spiro atoms. The first kappa shape index (κ1) is 17.5. The van der Waals surface area contributed by atoms with E-state index < -0.39 is 0 Å². The van der Waals surface area contributed by atoms with E-state index in [0.29, 0.717) is 11.8 Å². The van der Waals surface area contributed by atoms with Crippen LogP contribution in [0.2, 0.25) is 0 Å². The second-order valence-electron chi connectivity index (χ2n) is 7.21. The summed E-state index contributed by atoms with van der Waals surface area (Å²) in [5.74, 6) is 0.913. The van der Waals surface area contributed by atoms with Crippen molar-refractivity contribution in [2.45, 2.75) is 26.2 Å².